The number of halogens is 3. The van der Waals surface area contributed by atoms with Gasteiger partial charge in [-0.3, -0.25) is 9.69 Å². The molecule has 0 radical (unpaired) electrons. The fourth-order valence-electron chi connectivity index (χ4n) is 2.75. The van der Waals surface area contributed by atoms with E-state index in [1.54, 1.807) is 24.3 Å². The van der Waals surface area contributed by atoms with Gasteiger partial charge >= 0.3 is 0 Å². The Morgan fingerprint density at radius 1 is 0.963 bits per heavy atom. The van der Waals surface area contributed by atoms with Crippen molar-refractivity contribution in [3.05, 3.63) is 59.4 Å². The maximum atomic E-state index is 13.7. The second kappa shape index (κ2) is 8.88. The van der Waals surface area contributed by atoms with Crippen LogP contribution >= 0.6 is 0 Å². The molecule has 8 heteroatoms. The van der Waals surface area contributed by atoms with E-state index in [-0.39, 0.29) is 0 Å². The second-order valence-electron chi connectivity index (χ2n) is 6.14. The van der Waals surface area contributed by atoms with Gasteiger partial charge in [-0.1, -0.05) is 0 Å². The van der Waals surface area contributed by atoms with Gasteiger partial charge in [0.05, 0.1) is 18.8 Å². The predicted molar refractivity (Wildman–Crippen MR) is 96.5 cm³/mol. The summed E-state index contributed by atoms with van der Waals surface area (Å²) in [5, 5.41) is 5.74. The lowest BCUT2D eigenvalue weighted by Crippen LogP contribution is -2.38. The van der Waals surface area contributed by atoms with Gasteiger partial charge in [0.1, 0.15) is 0 Å². The fourth-order valence-corrected chi connectivity index (χ4v) is 2.75. The number of nitrogens with one attached hydrogen (secondary N) is 2. The molecular weight excluding hydrogens is 359 g/mol. The summed E-state index contributed by atoms with van der Waals surface area (Å²) in [6, 6.07) is 8.46. The van der Waals surface area contributed by atoms with Crippen LogP contribution in [0.4, 0.5) is 24.5 Å². The predicted octanol–water partition coefficient (Wildman–Crippen LogP) is 3.10. The molecule has 2 aromatic carbocycles. The van der Waals surface area contributed by atoms with Crippen LogP contribution in [0.2, 0.25) is 0 Å². The van der Waals surface area contributed by atoms with Crippen LogP contribution in [0, 0.1) is 17.5 Å². The second-order valence-corrected chi connectivity index (χ2v) is 6.14. The number of anilines is 2. The minimum absolute atomic E-state index is 0.419. The van der Waals surface area contributed by atoms with Crippen molar-refractivity contribution < 1.29 is 22.7 Å². The molecule has 0 aliphatic carbocycles. The number of hydrogen-bond donors (Lipinski definition) is 2. The van der Waals surface area contributed by atoms with Crippen LogP contribution in [0.15, 0.2) is 36.4 Å². The van der Waals surface area contributed by atoms with E-state index in [0.717, 1.165) is 57.2 Å². The normalized spacial score (nSPS) is 14.8. The van der Waals surface area contributed by atoms with Gasteiger partial charge in [0.2, 0.25) is 0 Å². The third kappa shape index (κ3) is 4.99. The fraction of sp³-hybridized carbons (Fsp3) is 0.316. The summed E-state index contributed by atoms with van der Waals surface area (Å²) < 4.78 is 45.2. The van der Waals surface area contributed by atoms with E-state index in [1.807, 2.05) is 0 Å². The Morgan fingerprint density at radius 3 is 2.33 bits per heavy atom. The summed E-state index contributed by atoms with van der Waals surface area (Å²) in [4.78, 5) is 14.4. The summed E-state index contributed by atoms with van der Waals surface area (Å²) in [5.41, 5.74) is 0.741. The van der Waals surface area contributed by atoms with E-state index < -0.39 is 28.9 Å². The summed E-state index contributed by atoms with van der Waals surface area (Å²) in [5.74, 6) is -5.35. The minimum Gasteiger partial charge on any atom is -0.384 e. The molecule has 0 atom stereocenters. The lowest BCUT2D eigenvalue weighted by molar-refractivity contribution is 0.0398. The first-order valence-corrected chi connectivity index (χ1v) is 8.63. The molecule has 2 aromatic rings. The van der Waals surface area contributed by atoms with E-state index >= 15 is 0 Å². The molecule has 0 aromatic heterocycles. The molecular formula is C19H20F3N3O2. The Balaban J connectivity index is 1.52. The van der Waals surface area contributed by atoms with Gasteiger partial charge < -0.3 is 15.4 Å². The number of hydrogen-bond acceptors (Lipinski definition) is 4. The molecule has 1 heterocycles. The molecule has 0 unspecified atom stereocenters. The van der Waals surface area contributed by atoms with Crippen LogP contribution < -0.4 is 10.6 Å². The van der Waals surface area contributed by atoms with Gasteiger partial charge in [-0.2, -0.15) is 0 Å². The number of carbonyl (C=O) groups excluding carboxylic acids is 1. The van der Waals surface area contributed by atoms with Crippen molar-refractivity contribution in [3.63, 3.8) is 0 Å². The van der Waals surface area contributed by atoms with Crippen LogP contribution in [0.3, 0.4) is 0 Å². The molecule has 1 amide bonds. The molecule has 1 saturated heterocycles. The number of amides is 1. The van der Waals surface area contributed by atoms with Gasteiger partial charge in [0.15, 0.2) is 17.5 Å². The third-order valence-electron chi connectivity index (χ3n) is 4.28. The molecule has 1 fully saturated rings. The molecule has 0 spiro atoms. The molecule has 1 aliphatic rings. The maximum absolute atomic E-state index is 13.7. The topological polar surface area (TPSA) is 53.6 Å². The Morgan fingerprint density at radius 2 is 1.63 bits per heavy atom. The highest BCUT2D eigenvalue weighted by molar-refractivity contribution is 6.04. The van der Waals surface area contributed by atoms with Crippen molar-refractivity contribution in [2.24, 2.45) is 0 Å². The molecule has 3 rings (SSSR count). The summed E-state index contributed by atoms with van der Waals surface area (Å²) in [6.07, 6.45) is 0. The average molecular weight is 379 g/mol. The van der Waals surface area contributed by atoms with Crippen LogP contribution in [-0.2, 0) is 4.74 Å². The molecule has 5 nitrogen and oxygen atoms in total. The van der Waals surface area contributed by atoms with Crippen molar-refractivity contribution >= 4 is 17.3 Å². The van der Waals surface area contributed by atoms with Crippen LogP contribution in [0.5, 0.6) is 0 Å². The van der Waals surface area contributed by atoms with E-state index in [0.29, 0.717) is 5.69 Å². The highest BCUT2D eigenvalue weighted by Gasteiger charge is 2.18. The van der Waals surface area contributed by atoms with Crippen molar-refractivity contribution in [2.75, 3.05) is 50.0 Å². The number of nitrogens with zero attached hydrogens (tertiary/aromatic N) is 1. The monoisotopic (exact) mass is 379 g/mol. The van der Waals surface area contributed by atoms with Crippen molar-refractivity contribution in [1.82, 2.24) is 4.90 Å². The first-order valence-electron chi connectivity index (χ1n) is 8.63. The molecule has 2 N–H and O–H groups in total. The van der Waals surface area contributed by atoms with Crippen LogP contribution in [0.25, 0.3) is 0 Å². The zero-order valence-electron chi connectivity index (χ0n) is 14.6. The number of rotatable bonds is 6. The lowest BCUT2D eigenvalue weighted by atomic mass is 10.1. The van der Waals surface area contributed by atoms with E-state index in [4.69, 9.17) is 4.74 Å². The first kappa shape index (κ1) is 19.2. The minimum atomic E-state index is -1.66. The first-order chi connectivity index (χ1) is 13.0. The van der Waals surface area contributed by atoms with Crippen molar-refractivity contribution in [2.45, 2.75) is 0 Å². The van der Waals surface area contributed by atoms with E-state index in [9.17, 15) is 18.0 Å². The number of carbonyl (C=O) groups is 1. The molecule has 0 bridgehead atoms. The largest absolute Gasteiger partial charge is 0.384 e. The molecule has 0 saturated carbocycles. The Bertz CT molecular complexity index is 794. The van der Waals surface area contributed by atoms with Gasteiger partial charge in [-0.25, -0.2) is 13.2 Å². The highest BCUT2D eigenvalue weighted by Crippen LogP contribution is 2.18. The van der Waals surface area contributed by atoms with Crippen LogP contribution in [-0.4, -0.2) is 50.2 Å². The Kier molecular flexibility index (Phi) is 6.31. The summed E-state index contributed by atoms with van der Waals surface area (Å²) in [7, 11) is 0. The quantitative estimate of drug-likeness (QED) is 0.758. The molecule has 1 aliphatic heterocycles. The lowest BCUT2D eigenvalue weighted by Gasteiger charge is -2.26. The zero-order chi connectivity index (χ0) is 19.2. The highest BCUT2D eigenvalue weighted by atomic mass is 19.2. The Hall–Kier alpha value is -2.58. The smallest absolute Gasteiger partial charge is 0.258 e. The maximum Gasteiger partial charge on any atom is 0.258 e. The average Bonchev–Trinajstić information content (AvgIpc) is 2.68. The Labute approximate surface area is 155 Å². The standard InChI is InChI=1S/C19H20F3N3O2/c20-16-6-5-15(17(21)18(16)22)19(26)24-14-3-1-13(2-4-14)23-7-8-25-9-11-27-12-10-25/h1-6,23H,7-12H2,(H,24,26). The number of ether oxygens (including phenoxy) is 1. The summed E-state index contributed by atoms with van der Waals surface area (Å²) >= 11 is 0. The molecule has 144 valence electrons. The van der Waals surface area contributed by atoms with Crippen molar-refractivity contribution in [1.29, 1.82) is 0 Å². The van der Waals surface area contributed by atoms with Crippen molar-refractivity contribution in [3.8, 4) is 0 Å². The van der Waals surface area contributed by atoms with Gasteiger partial charge in [-0.05, 0) is 36.4 Å². The van der Waals surface area contributed by atoms with E-state index in [1.165, 1.54) is 0 Å². The van der Waals surface area contributed by atoms with Gasteiger partial charge in [-0.15, -0.1) is 0 Å². The number of benzene rings is 2. The van der Waals surface area contributed by atoms with E-state index in [2.05, 4.69) is 15.5 Å². The SMILES string of the molecule is O=C(Nc1ccc(NCCN2CCOCC2)cc1)c1ccc(F)c(F)c1F. The summed E-state index contributed by atoms with van der Waals surface area (Å²) in [6.45, 7) is 5.03. The molecule has 27 heavy (non-hydrogen) atoms. The zero-order valence-corrected chi connectivity index (χ0v) is 14.6. The van der Waals surface area contributed by atoms with Crippen LogP contribution in [0.1, 0.15) is 10.4 Å². The van der Waals surface area contributed by atoms with Gasteiger partial charge in [0.25, 0.3) is 5.91 Å². The van der Waals surface area contributed by atoms with Gasteiger partial charge in [0, 0.05) is 37.6 Å². The third-order valence-corrected chi connectivity index (χ3v) is 4.28. The number of morpholine rings is 1.